The van der Waals surface area contributed by atoms with Crippen molar-refractivity contribution in [2.24, 2.45) is 0 Å². The summed E-state index contributed by atoms with van der Waals surface area (Å²) in [6.07, 6.45) is 2.36. The number of esters is 1. The van der Waals surface area contributed by atoms with Crippen molar-refractivity contribution in [2.75, 3.05) is 12.4 Å². The van der Waals surface area contributed by atoms with E-state index in [1.807, 2.05) is 6.07 Å². The topological polar surface area (TPSA) is 50.4 Å². The summed E-state index contributed by atoms with van der Waals surface area (Å²) >= 11 is 6.45. The third-order valence-electron chi connectivity index (χ3n) is 2.14. The first-order valence-corrected chi connectivity index (χ1v) is 6.17. The first kappa shape index (κ1) is 11.3. The van der Waals surface area contributed by atoms with Crippen molar-refractivity contribution in [3.05, 3.63) is 17.0 Å². The van der Waals surface area contributed by atoms with Crippen molar-refractivity contribution in [1.82, 2.24) is 5.32 Å². The van der Waals surface area contributed by atoms with E-state index in [0.29, 0.717) is 16.0 Å². The molecule has 0 aromatic carbocycles. The fraction of sp³-hybridized carbons (Fsp3) is 0.400. The second-order valence-corrected chi connectivity index (χ2v) is 5.02. The summed E-state index contributed by atoms with van der Waals surface area (Å²) in [4.78, 5) is 11.8. The van der Waals surface area contributed by atoms with Crippen molar-refractivity contribution in [2.45, 2.75) is 18.9 Å². The maximum atomic E-state index is 11.2. The molecule has 1 heterocycles. The van der Waals surface area contributed by atoms with Gasteiger partial charge in [-0.05, 0) is 37.2 Å². The average molecular weight is 256 g/mol. The van der Waals surface area contributed by atoms with Crippen LogP contribution in [0.3, 0.4) is 0 Å². The number of nitrogens with one attached hydrogen (secondary N) is 2. The average Bonchev–Trinajstić information content (AvgIpc) is 2.94. The zero-order valence-electron chi connectivity index (χ0n) is 8.78. The van der Waals surface area contributed by atoms with Crippen LogP contribution < -0.4 is 10.6 Å². The zero-order chi connectivity index (χ0) is 11.5. The van der Waals surface area contributed by atoms with Crippen LogP contribution in [0.2, 0.25) is 0 Å². The largest absolute Gasteiger partial charge is 0.465 e. The molecule has 0 spiro atoms. The Balaban J connectivity index is 1.91. The van der Waals surface area contributed by atoms with Gasteiger partial charge in [0.1, 0.15) is 4.88 Å². The summed E-state index contributed by atoms with van der Waals surface area (Å²) in [6, 6.07) is 4.07. The van der Waals surface area contributed by atoms with E-state index >= 15 is 0 Å². The molecule has 1 aromatic rings. The molecule has 0 radical (unpaired) electrons. The van der Waals surface area contributed by atoms with Gasteiger partial charge in [0.05, 0.1) is 12.1 Å². The molecule has 2 rings (SSSR count). The molecule has 1 saturated carbocycles. The van der Waals surface area contributed by atoms with Crippen LogP contribution in [0, 0.1) is 0 Å². The molecule has 0 amide bonds. The molecule has 2 N–H and O–H groups in total. The fourth-order valence-corrected chi connectivity index (χ4v) is 2.35. The standard InChI is InChI=1S/C10H12N2O2S2/c1-14-9(13)7-4-5-8(16-7)12-10(15)11-6-2-3-6/h4-6H,2-3H2,1H3,(H2,11,12,15). The van der Waals surface area contributed by atoms with Gasteiger partial charge in [-0.2, -0.15) is 0 Å². The van der Waals surface area contributed by atoms with E-state index in [-0.39, 0.29) is 5.97 Å². The molecule has 16 heavy (non-hydrogen) atoms. The summed E-state index contributed by atoms with van der Waals surface area (Å²) in [6.45, 7) is 0. The molecule has 86 valence electrons. The molecular weight excluding hydrogens is 244 g/mol. The number of rotatable bonds is 3. The summed E-state index contributed by atoms with van der Waals surface area (Å²) in [7, 11) is 1.37. The van der Waals surface area contributed by atoms with Gasteiger partial charge in [0.15, 0.2) is 5.11 Å². The second-order valence-electron chi connectivity index (χ2n) is 3.53. The highest BCUT2D eigenvalue weighted by Crippen LogP contribution is 2.23. The summed E-state index contributed by atoms with van der Waals surface area (Å²) < 4.78 is 4.62. The van der Waals surface area contributed by atoms with Crippen LogP contribution >= 0.6 is 23.6 Å². The number of hydrogen-bond acceptors (Lipinski definition) is 4. The van der Waals surface area contributed by atoms with Crippen molar-refractivity contribution in [1.29, 1.82) is 0 Å². The summed E-state index contributed by atoms with van der Waals surface area (Å²) in [5, 5.41) is 7.67. The molecule has 1 fully saturated rings. The predicted octanol–water partition coefficient (Wildman–Crippen LogP) is 1.98. The Morgan fingerprint density at radius 2 is 2.31 bits per heavy atom. The number of ether oxygens (including phenoxy) is 1. The lowest BCUT2D eigenvalue weighted by molar-refractivity contribution is 0.0606. The molecule has 6 heteroatoms. The molecule has 4 nitrogen and oxygen atoms in total. The van der Waals surface area contributed by atoms with Gasteiger partial charge in [0.2, 0.25) is 0 Å². The third-order valence-corrected chi connectivity index (χ3v) is 3.34. The van der Waals surface area contributed by atoms with Crippen molar-refractivity contribution in [3.63, 3.8) is 0 Å². The number of thiocarbonyl (C=S) groups is 1. The number of thiophene rings is 1. The maximum Gasteiger partial charge on any atom is 0.348 e. The smallest absolute Gasteiger partial charge is 0.348 e. The Labute approximate surface area is 103 Å². The molecule has 1 aromatic heterocycles. The lowest BCUT2D eigenvalue weighted by Gasteiger charge is -2.06. The van der Waals surface area contributed by atoms with Crippen LogP contribution in [0.15, 0.2) is 12.1 Å². The van der Waals surface area contributed by atoms with Crippen LogP contribution in [0.4, 0.5) is 5.00 Å². The maximum absolute atomic E-state index is 11.2. The zero-order valence-corrected chi connectivity index (χ0v) is 10.4. The van der Waals surface area contributed by atoms with Gasteiger partial charge in [-0.1, -0.05) is 0 Å². The second kappa shape index (κ2) is 4.80. The lowest BCUT2D eigenvalue weighted by atomic mass is 10.5. The van der Waals surface area contributed by atoms with Gasteiger partial charge < -0.3 is 15.4 Å². The number of hydrogen-bond donors (Lipinski definition) is 2. The number of anilines is 1. The van der Waals surface area contributed by atoms with Crippen LogP contribution in [0.1, 0.15) is 22.5 Å². The van der Waals surface area contributed by atoms with Crippen molar-refractivity contribution >= 4 is 39.6 Å². The van der Waals surface area contributed by atoms with Crippen molar-refractivity contribution < 1.29 is 9.53 Å². The predicted molar refractivity (Wildman–Crippen MR) is 68.0 cm³/mol. The van der Waals surface area contributed by atoms with E-state index in [1.54, 1.807) is 6.07 Å². The van der Waals surface area contributed by atoms with E-state index in [4.69, 9.17) is 12.2 Å². The quantitative estimate of drug-likeness (QED) is 0.640. The van der Waals surface area contributed by atoms with Gasteiger partial charge in [0.25, 0.3) is 0 Å². The number of carbonyl (C=O) groups is 1. The minimum atomic E-state index is -0.320. The molecule has 0 saturated heterocycles. The lowest BCUT2D eigenvalue weighted by Crippen LogP contribution is -2.29. The summed E-state index contributed by atoms with van der Waals surface area (Å²) in [5.41, 5.74) is 0. The Kier molecular flexibility index (Phi) is 3.40. The molecule has 1 aliphatic carbocycles. The van der Waals surface area contributed by atoms with Gasteiger partial charge >= 0.3 is 5.97 Å². The molecule has 1 aliphatic rings. The van der Waals surface area contributed by atoms with Crippen LogP contribution in [0.25, 0.3) is 0 Å². The Hall–Kier alpha value is -1.14. The highest BCUT2D eigenvalue weighted by atomic mass is 32.1. The van der Waals surface area contributed by atoms with Gasteiger partial charge in [-0.15, -0.1) is 11.3 Å². The Morgan fingerprint density at radius 1 is 1.56 bits per heavy atom. The number of methoxy groups -OCH3 is 1. The van der Waals surface area contributed by atoms with Crippen LogP contribution in [0.5, 0.6) is 0 Å². The first-order chi connectivity index (χ1) is 7.69. The SMILES string of the molecule is COC(=O)c1ccc(NC(=S)NC2CC2)s1. The molecule has 0 unspecified atom stereocenters. The normalized spacial score (nSPS) is 14.3. The van der Waals surface area contributed by atoms with E-state index in [1.165, 1.54) is 31.3 Å². The van der Waals surface area contributed by atoms with E-state index in [9.17, 15) is 4.79 Å². The monoisotopic (exact) mass is 256 g/mol. The van der Waals surface area contributed by atoms with E-state index in [2.05, 4.69) is 15.4 Å². The Bertz CT molecular complexity index is 413. The van der Waals surface area contributed by atoms with Crippen LogP contribution in [-0.2, 0) is 4.74 Å². The minimum absolute atomic E-state index is 0.320. The van der Waals surface area contributed by atoms with E-state index < -0.39 is 0 Å². The fourth-order valence-electron chi connectivity index (χ4n) is 1.18. The third kappa shape index (κ3) is 2.93. The highest BCUT2D eigenvalue weighted by Gasteiger charge is 2.21. The van der Waals surface area contributed by atoms with Gasteiger partial charge in [-0.3, -0.25) is 0 Å². The highest BCUT2D eigenvalue weighted by molar-refractivity contribution is 7.80. The van der Waals surface area contributed by atoms with Crippen molar-refractivity contribution in [3.8, 4) is 0 Å². The molecular formula is C10H12N2O2S2. The van der Waals surface area contributed by atoms with E-state index in [0.717, 1.165) is 5.00 Å². The Morgan fingerprint density at radius 3 is 2.94 bits per heavy atom. The number of carbonyl (C=O) groups excluding carboxylic acids is 1. The van der Waals surface area contributed by atoms with Gasteiger partial charge in [-0.25, -0.2) is 4.79 Å². The molecule has 0 aliphatic heterocycles. The van der Waals surface area contributed by atoms with Crippen LogP contribution in [-0.4, -0.2) is 24.2 Å². The first-order valence-electron chi connectivity index (χ1n) is 4.94. The minimum Gasteiger partial charge on any atom is -0.465 e. The summed E-state index contributed by atoms with van der Waals surface area (Å²) in [5.74, 6) is -0.320. The molecule has 0 atom stereocenters. The van der Waals surface area contributed by atoms with Gasteiger partial charge in [0, 0.05) is 6.04 Å². The molecule has 0 bridgehead atoms.